The van der Waals surface area contributed by atoms with Gasteiger partial charge in [-0.2, -0.15) is 0 Å². The average Bonchev–Trinajstić information content (AvgIpc) is 2.49. The zero-order valence-electron chi connectivity index (χ0n) is 9.41. The third-order valence-corrected chi connectivity index (χ3v) is 4.02. The Morgan fingerprint density at radius 3 is 2.67 bits per heavy atom. The van der Waals surface area contributed by atoms with E-state index in [4.69, 9.17) is 0 Å². The van der Waals surface area contributed by atoms with E-state index in [-0.39, 0.29) is 0 Å². The van der Waals surface area contributed by atoms with E-state index < -0.39 is 0 Å². The summed E-state index contributed by atoms with van der Waals surface area (Å²) in [4.78, 5) is 2.57. The summed E-state index contributed by atoms with van der Waals surface area (Å²) in [6.45, 7) is 6.99. The van der Waals surface area contributed by atoms with Crippen LogP contribution in [0.3, 0.4) is 0 Å². The Hall–Kier alpha value is -0.340. The molecule has 1 fully saturated rings. The monoisotopic (exact) mass is 267 g/mol. The van der Waals surface area contributed by atoms with Crippen LogP contribution in [0.5, 0.6) is 0 Å². The van der Waals surface area contributed by atoms with Gasteiger partial charge in [-0.3, -0.25) is 4.90 Å². The lowest BCUT2D eigenvalue weighted by molar-refractivity contribution is 0.256. The van der Waals surface area contributed by atoms with Crippen molar-refractivity contribution in [2.24, 2.45) is 5.92 Å². The maximum atomic E-state index is 3.61. The minimum absolute atomic E-state index is 0.729. The van der Waals surface area contributed by atoms with E-state index in [1.807, 2.05) is 0 Å². The minimum Gasteiger partial charge on any atom is -0.296 e. The summed E-state index contributed by atoms with van der Waals surface area (Å²) in [6.07, 6.45) is 1.34. The molecule has 1 aliphatic rings. The molecule has 0 spiro atoms. The van der Waals surface area contributed by atoms with E-state index in [2.05, 4.69) is 58.9 Å². The second-order valence-corrected chi connectivity index (χ2v) is 5.57. The number of hydrogen-bond acceptors (Lipinski definition) is 1. The van der Waals surface area contributed by atoms with Crippen LogP contribution in [-0.2, 0) is 6.54 Å². The van der Waals surface area contributed by atoms with E-state index in [9.17, 15) is 0 Å². The number of benzene rings is 1. The molecule has 15 heavy (non-hydrogen) atoms. The average molecular weight is 268 g/mol. The van der Waals surface area contributed by atoms with Gasteiger partial charge in [0.15, 0.2) is 0 Å². The van der Waals surface area contributed by atoms with Crippen LogP contribution < -0.4 is 0 Å². The van der Waals surface area contributed by atoms with Crippen molar-refractivity contribution >= 4 is 15.9 Å². The molecule has 1 aliphatic heterocycles. The summed E-state index contributed by atoms with van der Waals surface area (Å²) in [7, 11) is 0. The smallest absolute Gasteiger partial charge is 0.0247 e. The molecule has 2 atom stereocenters. The van der Waals surface area contributed by atoms with Crippen LogP contribution in [0.1, 0.15) is 25.8 Å². The summed E-state index contributed by atoms with van der Waals surface area (Å²) >= 11 is 3.61. The highest BCUT2D eigenvalue weighted by molar-refractivity contribution is 9.10. The van der Waals surface area contributed by atoms with Gasteiger partial charge >= 0.3 is 0 Å². The van der Waals surface area contributed by atoms with Crippen molar-refractivity contribution in [1.82, 2.24) is 4.90 Å². The lowest BCUT2D eigenvalue weighted by Gasteiger charge is -2.21. The van der Waals surface area contributed by atoms with E-state index in [0.29, 0.717) is 0 Å². The predicted octanol–water partition coefficient (Wildman–Crippen LogP) is 3.68. The van der Waals surface area contributed by atoms with Gasteiger partial charge in [0.25, 0.3) is 0 Å². The Balaban J connectivity index is 2.06. The summed E-state index contributed by atoms with van der Waals surface area (Å²) in [5, 5.41) is 0. The van der Waals surface area contributed by atoms with E-state index in [1.54, 1.807) is 0 Å². The van der Waals surface area contributed by atoms with Gasteiger partial charge in [0.2, 0.25) is 0 Å². The first-order valence-corrected chi connectivity index (χ1v) is 6.43. The van der Waals surface area contributed by atoms with Crippen LogP contribution >= 0.6 is 15.9 Å². The summed E-state index contributed by atoms with van der Waals surface area (Å²) in [5.41, 5.74) is 1.40. The standard InChI is InChI=1S/C13H18BrN/c1-10-7-11(2)15(8-10)9-12-5-3-4-6-13(12)14/h3-6,10-11H,7-9H2,1-2H3. The third kappa shape index (κ3) is 2.61. The number of halogens is 1. The largest absolute Gasteiger partial charge is 0.296 e. The van der Waals surface area contributed by atoms with Crippen molar-refractivity contribution in [2.45, 2.75) is 32.9 Å². The summed E-state index contributed by atoms with van der Waals surface area (Å²) in [6, 6.07) is 9.25. The Morgan fingerprint density at radius 1 is 1.33 bits per heavy atom. The van der Waals surface area contributed by atoms with Crippen molar-refractivity contribution in [3.05, 3.63) is 34.3 Å². The summed E-state index contributed by atoms with van der Waals surface area (Å²) in [5.74, 6) is 0.850. The fraction of sp³-hybridized carbons (Fsp3) is 0.538. The zero-order chi connectivity index (χ0) is 10.8. The van der Waals surface area contributed by atoms with Crippen LogP contribution in [0.25, 0.3) is 0 Å². The van der Waals surface area contributed by atoms with Crippen molar-refractivity contribution in [3.8, 4) is 0 Å². The number of hydrogen-bond donors (Lipinski definition) is 0. The van der Waals surface area contributed by atoms with E-state index >= 15 is 0 Å². The quantitative estimate of drug-likeness (QED) is 0.790. The number of rotatable bonds is 2. The number of nitrogens with zero attached hydrogens (tertiary/aromatic N) is 1. The first-order valence-electron chi connectivity index (χ1n) is 5.64. The molecular weight excluding hydrogens is 250 g/mol. The maximum Gasteiger partial charge on any atom is 0.0247 e. The molecule has 0 aliphatic carbocycles. The molecule has 0 aromatic heterocycles. The van der Waals surface area contributed by atoms with Gasteiger partial charge in [-0.1, -0.05) is 41.1 Å². The Labute approximate surface area is 101 Å². The SMILES string of the molecule is CC1CC(C)N(Cc2ccccc2Br)C1. The fourth-order valence-electron chi connectivity index (χ4n) is 2.45. The van der Waals surface area contributed by atoms with Crippen molar-refractivity contribution in [2.75, 3.05) is 6.54 Å². The predicted molar refractivity (Wildman–Crippen MR) is 67.8 cm³/mol. The molecule has 0 saturated carbocycles. The number of likely N-dealkylation sites (tertiary alicyclic amines) is 1. The molecule has 0 bridgehead atoms. The Bertz CT molecular complexity index is 337. The molecule has 1 heterocycles. The van der Waals surface area contributed by atoms with Gasteiger partial charge in [-0.05, 0) is 30.9 Å². The second kappa shape index (κ2) is 4.67. The van der Waals surface area contributed by atoms with Gasteiger partial charge in [-0.15, -0.1) is 0 Å². The normalized spacial score (nSPS) is 27.1. The van der Waals surface area contributed by atoms with E-state index in [1.165, 1.54) is 23.0 Å². The minimum atomic E-state index is 0.729. The third-order valence-electron chi connectivity index (χ3n) is 3.24. The molecule has 1 aromatic rings. The van der Waals surface area contributed by atoms with Gasteiger partial charge in [0, 0.05) is 23.6 Å². The zero-order valence-corrected chi connectivity index (χ0v) is 11.0. The van der Waals surface area contributed by atoms with Crippen LogP contribution in [0, 0.1) is 5.92 Å². The summed E-state index contributed by atoms with van der Waals surface area (Å²) < 4.78 is 1.23. The van der Waals surface area contributed by atoms with Crippen LogP contribution in [-0.4, -0.2) is 17.5 Å². The van der Waals surface area contributed by atoms with Gasteiger partial charge in [-0.25, -0.2) is 0 Å². The van der Waals surface area contributed by atoms with Crippen LogP contribution in [0.2, 0.25) is 0 Å². The highest BCUT2D eigenvalue weighted by atomic mass is 79.9. The molecule has 1 aromatic carbocycles. The molecule has 2 rings (SSSR count). The van der Waals surface area contributed by atoms with Crippen LogP contribution in [0.4, 0.5) is 0 Å². The first-order chi connectivity index (χ1) is 7.16. The molecule has 82 valence electrons. The van der Waals surface area contributed by atoms with Crippen LogP contribution in [0.15, 0.2) is 28.7 Å². The first kappa shape index (κ1) is 11.2. The van der Waals surface area contributed by atoms with Crippen molar-refractivity contribution < 1.29 is 0 Å². The molecular formula is C13H18BrN. The van der Waals surface area contributed by atoms with Gasteiger partial charge in [0.1, 0.15) is 0 Å². The molecule has 2 heteroatoms. The van der Waals surface area contributed by atoms with Gasteiger partial charge < -0.3 is 0 Å². The highest BCUT2D eigenvalue weighted by Gasteiger charge is 2.25. The van der Waals surface area contributed by atoms with Crippen molar-refractivity contribution in [3.63, 3.8) is 0 Å². The second-order valence-electron chi connectivity index (χ2n) is 4.71. The lowest BCUT2D eigenvalue weighted by atomic mass is 10.1. The van der Waals surface area contributed by atoms with Crippen molar-refractivity contribution in [1.29, 1.82) is 0 Å². The molecule has 1 saturated heterocycles. The Kier molecular flexibility index (Phi) is 3.47. The molecule has 2 unspecified atom stereocenters. The lowest BCUT2D eigenvalue weighted by Crippen LogP contribution is -2.26. The molecule has 0 radical (unpaired) electrons. The fourth-order valence-corrected chi connectivity index (χ4v) is 2.86. The molecule has 0 N–H and O–H groups in total. The highest BCUT2D eigenvalue weighted by Crippen LogP contribution is 2.26. The topological polar surface area (TPSA) is 3.24 Å². The Morgan fingerprint density at radius 2 is 2.07 bits per heavy atom. The molecule has 1 nitrogen and oxygen atoms in total. The maximum absolute atomic E-state index is 3.61. The van der Waals surface area contributed by atoms with Gasteiger partial charge in [0.05, 0.1) is 0 Å². The van der Waals surface area contributed by atoms with E-state index in [0.717, 1.165) is 18.5 Å². The molecule has 0 amide bonds.